The first-order valence-corrected chi connectivity index (χ1v) is 8.02. The third-order valence-electron chi connectivity index (χ3n) is 4.05. The highest BCUT2D eigenvalue weighted by Gasteiger charge is 2.26. The predicted octanol–water partition coefficient (Wildman–Crippen LogP) is 0.0646. The number of imide groups is 1. The number of nitrogens with one attached hydrogen (secondary N) is 3. The summed E-state index contributed by atoms with van der Waals surface area (Å²) in [6.45, 7) is 0. The van der Waals surface area contributed by atoms with Crippen LogP contribution in [-0.2, 0) is 4.79 Å². The molecule has 130 valence electrons. The van der Waals surface area contributed by atoms with Gasteiger partial charge in [0.15, 0.2) is 5.65 Å². The largest absolute Gasteiger partial charge is 0.351 e. The molecule has 0 unspecified atom stereocenters. The molecular formula is C15H13N9O2. The van der Waals surface area contributed by atoms with Gasteiger partial charge in [-0.2, -0.15) is 19.6 Å². The molecule has 1 aliphatic heterocycles. The molecule has 3 aromatic heterocycles. The summed E-state index contributed by atoms with van der Waals surface area (Å²) < 4.78 is 3.27. The lowest BCUT2D eigenvalue weighted by molar-refractivity contribution is -0.115. The Bertz CT molecular complexity index is 1060. The maximum absolute atomic E-state index is 11.8. The molecule has 0 atom stereocenters. The maximum atomic E-state index is 11.8. The van der Waals surface area contributed by atoms with Crippen LogP contribution >= 0.6 is 0 Å². The Kier molecular flexibility index (Phi) is 3.01. The number of nitrogens with zero attached hydrogens (tertiary/aromatic N) is 6. The van der Waals surface area contributed by atoms with Gasteiger partial charge in [0.25, 0.3) is 5.91 Å². The van der Waals surface area contributed by atoms with Crippen molar-refractivity contribution < 1.29 is 9.59 Å². The predicted molar refractivity (Wildman–Crippen MR) is 89.2 cm³/mol. The lowest BCUT2D eigenvalue weighted by atomic mass is 10.2. The van der Waals surface area contributed by atoms with Gasteiger partial charge in [-0.25, -0.2) is 9.78 Å². The van der Waals surface area contributed by atoms with E-state index in [2.05, 4.69) is 36.0 Å². The molecule has 2 aliphatic rings. The lowest BCUT2D eigenvalue weighted by Gasteiger charge is -2.08. The fourth-order valence-corrected chi connectivity index (χ4v) is 2.62. The van der Waals surface area contributed by atoms with E-state index in [1.54, 1.807) is 34.0 Å². The van der Waals surface area contributed by atoms with Crippen LogP contribution in [0.2, 0.25) is 0 Å². The van der Waals surface area contributed by atoms with Crippen LogP contribution in [0, 0.1) is 0 Å². The van der Waals surface area contributed by atoms with E-state index < -0.39 is 11.9 Å². The molecule has 26 heavy (non-hydrogen) atoms. The lowest BCUT2D eigenvalue weighted by Crippen LogP contribution is -2.22. The summed E-state index contributed by atoms with van der Waals surface area (Å²) in [4.78, 5) is 36.2. The van der Waals surface area contributed by atoms with Crippen molar-refractivity contribution >= 4 is 29.6 Å². The first kappa shape index (κ1) is 14.6. The quantitative estimate of drug-likeness (QED) is 0.447. The molecule has 11 nitrogen and oxygen atoms in total. The highest BCUT2D eigenvalue weighted by molar-refractivity contribution is 6.14. The minimum absolute atomic E-state index is 0.143. The fraction of sp³-hybridized carbons (Fsp3) is 0.200. The van der Waals surface area contributed by atoms with Gasteiger partial charge in [0.05, 0.1) is 6.20 Å². The van der Waals surface area contributed by atoms with E-state index in [9.17, 15) is 9.59 Å². The molecule has 3 amide bonds. The molecule has 0 spiro atoms. The Morgan fingerprint density at radius 2 is 2.12 bits per heavy atom. The molecule has 0 radical (unpaired) electrons. The van der Waals surface area contributed by atoms with Gasteiger partial charge in [0.2, 0.25) is 11.9 Å². The van der Waals surface area contributed by atoms with Crippen molar-refractivity contribution in [3.05, 3.63) is 36.2 Å². The Balaban J connectivity index is 1.65. The summed E-state index contributed by atoms with van der Waals surface area (Å²) in [7, 11) is 0. The average Bonchev–Trinajstić information content (AvgIpc) is 3.01. The topological polar surface area (TPSA) is 131 Å². The van der Waals surface area contributed by atoms with Crippen molar-refractivity contribution in [2.24, 2.45) is 0 Å². The maximum Gasteiger partial charge on any atom is 0.326 e. The minimum Gasteiger partial charge on any atom is -0.351 e. The van der Waals surface area contributed by atoms with Gasteiger partial charge in [-0.05, 0) is 18.9 Å². The number of fused-ring (bicyclic) bond motifs is 1. The number of imidazole rings is 1. The number of rotatable bonds is 4. The zero-order valence-corrected chi connectivity index (χ0v) is 13.4. The van der Waals surface area contributed by atoms with E-state index in [0.29, 0.717) is 29.1 Å². The molecule has 1 saturated heterocycles. The van der Waals surface area contributed by atoms with Gasteiger partial charge < -0.3 is 10.6 Å². The molecule has 2 fully saturated rings. The third kappa shape index (κ3) is 2.46. The number of hydrogen-bond donors (Lipinski definition) is 3. The molecule has 5 rings (SSSR count). The standard InChI is InChI=1S/C15H13N9O2/c25-12-10(19-15(26)21-12)5-8-6-17-24-11(8)20-13(23-4-3-16-7-23)22-14(24)18-9-1-2-9/h3-7,9H,1-2H2,(H,18,20,22)(H2,19,21,25,26)/b10-5+. The average molecular weight is 351 g/mol. The summed E-state index contributed by atoms with van der Waals surface area (Å²) in [6, 6.07) is -0.183. The smallest absolute Gasteiger partial charge is 0.326 e. The second-order valence-corrected chi connectivity index (χ2v) is 6.04. The number of hydrogen-bond acceptors (Lipinski definition) is 7. The first-order chi connectivity index (χ1) is 12.7. The first-order valence-electron chi connectivity index (χ1n) is 8.02. The van der Waals surface area contributed by atoms with Crippen molar-refractivity contribution in [1.82, 2.24) is 39.8 Å². The summed E-state index contributed by atoms with van der Waals surface area (Å²) in [5.74, 6) is 0.499. The number of aromatic nitrogens is 6. The molecule has 0 bridgehead atoms. The van der Waals surface area contributed by atoms with E-state index in [1.165, 1.54) is 6.08 Å². The highest BCUT2D eigenvalue weighted by Crippen LogP contribution is 2.25. The van der Waals surface area contributed by atoms with E-state index in [1.807, 2.05) is 0 Å². The van der Waals surface area contributed by atoms with E-state index in [4.69, 9.17) is 0 Å². The van der Waals surface area contributed by atoms with Gasteiger partial charge in [-0.1, -0.05) is 0 Å². The Hall–Kier alpha value is -3.76. The summed E-state index contributed by atoms with van der Waals surface area (Å²) >= 11 is 0. The van der Waals surface area contributed by atoms with Crippen molar-refractivity contribution in [2.45, 2.75) is 18.9 Å². The van der Waals surface area contributed by atoms with Crippen LogP contribution in [-0.4, -0.2) is 47.1 Å². The molecule has 3 aromatic rings. The van der Waals surface area contributed by atoms with Gasteiger partial charge in [-0.15, -0.1) is 0 Å². The monoisotopic (exact) mass is 351 g/mol. The zero-order valence-electron chi connectivity index (χ0n) is 13.4. The Morgan fingerprint density at radius 1 is 1.23 bits per heavy atom. The summed E-state index contributed by atoms with van der Waals surface area (Å²) in [5.41, 5.74) is 1.23. The number of carbonyl (C=O) groups is 2. The number of carbonyl (C=O) groups excluding carboxylic acids is 2. The van der Waals surface area contributed by atoms with Crippen molar-refractivity contribution in [2.75, 3.05) is 5.32 Å². The van der Waals surface area contributed by atoms with Gasteiger partial charge in [0.1, 0.15) is 12.0 Å². The van der Waals surface area contributed by atoms with Crippen LogP contribution in [0.5, 0.6) is 0 Å². The Labute approximate surface area is 146 Å². The second kappa shape index (κ2) is 5.37. The van der Waals surface area contributed by atoms with Crippen LogP contribution < -0.4 is 16.0 Å². The fourth-order valence-electron chi connectivity index (χ4n) is 2.62. The van der Waals surface area contributed by atoms with E-state index in [0.717, 1.165) is 12.8 Å². The minimum atomic E-state index is -0.553. The second-order valence-electron chi connectivity index (χ2n) is 6.04. The molecule has 3 N–H and O–H groups in total. The van der Waals surface area contributed by atoms with Crippen molar-refractivity contribution in [1.29, 1.82) is 0 Å². The SMILES string of the molecule is O=C1NC(=O)/C(=C\c2cnn3c(NC4CC4)nc(-n4ccnc4)nc23)N1. The molecule has 1 aliphatic carbocycles. The summed E-state index contributed by atoms with van der Waals surface area (Å²) in [5, 5.41) is 12.3. The molecule has 0 aromatic carbocycles. The van der Waals surface area contributed by atoms with Crippen LogP contribution in [0.25, 0.3) is 17.7 Å². The van der Waals surface area contributed by atoms with Crippen LogP contribution in [0.3, 0.4) is 0 Å². The van der Waals surface area contributed by atoms with Gasteiger partial charge in [0, 0.05) is 24.0 Å². The molecule has 1 saturated carbocycles. The van der Waals surface area contributed by atoms with Crippen molar-refractivity contribution in [3.63, 3.8) is 0 Å². The zero-order chi connectivity index (χ0) is 17.7. The molecule has 11 heteroatoms. The van der Waals surface area contributed by atoms with Crippen molar-refractivity contribution in [3.8, 4) is 5.95 Å². The van der Waals surface area contributed by atoms with Crippen LogP contribution in [0.15, 0.2) is 30.6 Å². The van der Waals surface area contributed by atoms with Gasteiger partial charge >= 0.3 is 6.03 Å². The Morgan fingerprint density at radius 3 is 2.81 bits per heavy atom. The van der Waals surface area contributed by atoms with E-state index >= 15 is 0 Å². The van der Waals surface area contributed by atoms with Crippen LogP contribution in [0.1, 0.15) is 18.4 Å². The summed E-state index contributed by atoms with van der Waals surface area (Å²) in [6.07, 6.45) is 10.3. The highest BCUT2D eigenvalue weighted by atomic mass is 16.2. The number of urea groups is 1. The number of amides is 3. The number of anilines is 1. The molecular weight excluding hydrogens is 338 g/mol. The normalized spacial score (nSPS) is 18.4. The van der Waals surface area contributed by atoms with Gasteiger partial charge in [-0.3, -0.25) is 14.7 Å². The third-order valence-corrected chi connectivity index (χ3v) is 4.05. The van der Waals surface area contributed by atoms with E-state index in [-0.39, 0.29) is 5.70 Å². The van der Waals surface area contributed by atoms with Crippen LogP contribution in [0.4, 0.5) is 10.7 Å². The molecule has 4 heterocycles.